The summed E-state index contributed by atoms with van der Waals surface area (Å²) in [5.41, 5.74) is 1.21. The number of aromatic nitrogens is 2. The number of hydrogen-bond acceptors (Lipinski definition) is 7. The minimum atomic E-state index is -4.32. The summed E-state index contributed by atoms with van der Waals surface area (Å²) in [7, 11) is 0. The van der Waals surface area contributed by atoms with E-state index in [2.05, 4.69) is 14.8 Å². The van der Waals surface area contributed by atoms with Gasteiger partial charge in [0.05, 0.1) is 5.56 Å². The van der Waals surface area contributed by atoms with E-state index < -0.39 is 16.7 Å². The number of alkyl halides is 3. The number of aryl methyl sites for hydroxylation is 1. The lowest BCUT2D eigenvalue weighted by atomic mass is 10.1. The van der Waals surface area contributed by atoms with Crippen molar-refractivity contribution in [3.63, 3.8) is 0 Å². The van der Waals surface area contributed by atoms with Crippen LogP contribution in [0.1, 0.15) is 17.5 Å². The molecule has 1 aromatic heterocycles. The molecule has 12 heteroatoms. The zero-order valence-corrected chi connectivity index (χ0v) is 21.1. The summed E-state index contributed by atoms with van der Waals surface area (Å²) in [5.74, 6) is 0.492. The van der Waals surface area contributed by atoms with E-state index in [1.54, 1.807) is 4.57 Å². The van der Waals surface area contributed by atoms with Crippen LogP contribution in [-0.2, 0) is 12.7 Å². The van der Waals surface area contributed by atoms with Crippen molar-refractivity contribution in [2.45, 2.75) is 25.2 Å². The summed E-state index contributed by atoms with van der Waals surface area (Å²) in [6, 6.07) is 13.3. The number of piperazine rings is 1. The molecule has 2 aliphatic heterocycles. The van der Waals surface area contributed by atoms with Gasteiger partial charge in [0.1, 0.15) is 24.7 Å². The third kappa shape index (κ3) is 6.69. The van der Waals surface area contributed by atoms with E-state index >= 15 is 0 Å². The molecule has 3 heterocycles. The summed E-state index contributed by atoms with van der Waals surface area (Å²) < 4.78 is 51.4. The summed E-state index contributed by atoms with van der Waals surface area (Å²) in [6.07, 6.45) is 1.32. The zero-order valence-electron chi connectivity index (χ0n) is 21.1. The maximum absolute atomic E-state index is 12.7. The van der Waals surface area contributed by atoms with Crippen LogP contribution in [0.25, 0.3) is 6.08 Å². The highest BCUT2D eigenvalue weighted by Crippen LogP contribution is 2.29. The average Bonchev–Trinajstić information content (AvgIpc) is 3.37. The van der Waals surface area contributed by atoms with Gasteiger partial charge in [-0.3, -0.25) is 9.47 Å². The quantitative estimate of drug-likeness (QED) is 0.296. The van der Waals surface area contributed by atoms with Crippen LogP contribution < -0.4 is 14.4 Å². The van der Waals surface area contributed by atoms with Crippen molar-refractivity contribution in [3.8, 4) is 11.8 Å². The topological polar surface area (TPSA) is 85.9 Å². The molecule has 2 aromatic carbocycles. The van der Waals surface area contributed by atoms with Gasteiger partial charge < -0.3 is 24.5 Å². The van der Waals surface area contributed by atoms with Gasteiger partial charge in [0.25, 0.3) is 0 Å². The Kier molecular flexibility index (Phi) is 7.73. The van der Waals surface area contributed by atoms with Gasteiger partial charge in [-0.05, 0) is 46.9 Å². The summed E-state index contributed by atoms with van der Waals surface area (Å²) in [6.45, 7) is 5.12. The Bertz CT molecular complexity index is 1300. The predicted octanol–water partition coefficient (Wildman–Crippen LogP) is 4.88. The highest BCUT2D eigenvalue weighted by Gasteiger charge is 2.30. The molecule has 1 atom stereocenters. The number of rotatable bonds is 8. The fourth-order valence-corrected chi connectivity index (χ4v) is 4.59. The number of nitrogens with zero attached hydrogens (tertiary/aromatic N) is 5. The monoisotopic (exact) mass is 543 g/mol. The molecule has 0 saturated carbocycles. The number of fused-ring (bicyclic) bond motifs is 1. The van der Waals surface area contributed by atoms with E-state index in [0.29, 0.717) is 25.3 Å². The summed E-state index contributed by atoms with van der Waals surface area (Å²) >= 11 is 0. The van der Waals surface area contributed by atoms with Gasteiger partial charge in [-0.25, -0.2) is 0 Å². The standard InChI is InChI=1S/C27H28F3N5O4/c28-27(29,30)21-5-3-20(4-6-21)2-1-12-32-14-16-33(17-15-32)22-7-9-23(10-8-22)38-19-24-11-13-34-18-25(35(36)37)31-26(34)39-24/h1-10,18,24H,11-17,19H2/b2-1+. The first-order chi connectivity index (χ1) is 18.7. The van der Waals surface area contributed by atoms with Crippen LogP contribution in [0, 0.1) is 10.1 Å². The number of anilines is 1. The predicted molar refractivity (Wildman–Crippen MR) is 139 cm³/mol. The van der Waals surface area contributed by atoms with E-state index in [1.807, 2.05) is 36.4 Å². The zero-order chi connectivity index (χ0) is 27.4. The maximum Gasteiger partial charge on any atom is 0.416 e. The molecule has 1 unspecified atom stereocenters. The Hall–Kier alpha value is -4.06. The molecule has 1 fully saturated rings. The van der Waals surface area contributed by atoms with Crippen molar-refractivity contribution in [3.05, 3.63) is 82.0 Å². The van der Waals surface area contributed by atoms with Crippen molar-refractivity contribution in [1.82, 2.24) is 14.5 Å². The molecule has 5 rings (SSSR count). The summed E-state index contributed by atoms with van der Waals surface area (Å²) in [4.78, 5) is 18.9. The van der Waals surface area contributed by atoms with E-state index in [1.165, 1.54) is 18.3 Å². The molecule has 206 valence electrons. The van der Waals surface area contributed by atoms with Crippen LogP contribution in [0.4, 0.5) is 24.7 Å². The van der Waals surface area contributed by atoms with Crippen LogP contribution in [-0.4, -0.2) is 64.8 Å². The average molecular weight is 544 g/mol. The fraction of sp³-hybridized carbons (Fsp3) is 0.370. The number of halogens is 3. The minimum Gasteiger partial charge on any atom is -0.490 e. The number of nitro groups is 1. The normalized spacial score (nSPS) is 18.1. The van der Waals surface area contributed by atoms with Crippen LogP contribution in [0.2, 0.25) is 0 Å². The Balaban J connectivity index is 1.04. The van der Waals surface area contributed by atoms with Crippen LogP contribution in [0.3, 0.4) is 0 Å². The molecule has 39 heavy (non-hydrogen) atoms. The molecule has 0 spiro atoms. The third-order valence-electron chi connectivity index (χ3n) is 6.80. The van der Waals surface area contributed by atoms with Crippen molar-refractivity contribution in [2.75, 3.05) is 44.2 Å². The molecule has 0 aliphatic carbocycles. The lowest BCUT2D eigenvalue weighted by Crippen LogP contribution is -2.46. The molecule has 0 N–H and O–H groups in total. The molecule has 1 saturated heterocycles. The first-order valence-electron chi connectivity index (χ1n) is 12.7. The van der Waals surface area contributed by atoms with E-state index in [0.717, 1.165) is 56.1 Å². The van der Waals surface area contributed by atoms with Gasteiger partial charge in [0, 0.05) is 56.4 Å². The molecular formula is C27H28F3N5O4. The second kappa shape index (κ2) is 11.4. The maximum atomic E-state index is 12.7. The minimum absolute atomic E-state index is 0.224. The van der Waals surface area contributed by atoms with Gasteiger partial charge in [-0.2, -0.15) is 13.2 Å². The van der Waals surface area contributed by atoms with Gasteiger partial charge in [-0.1, -0.05) is 24.3 Å². The Labute approximate surface area is 223 Å². The highest BCUT2D eigenvalue weighted by atomic mass is 19.4. The largest absolute Gasteiger partial charge is 0.490 e. The number of imidazole rings is 1. The molecule has 9 nitrogen and oxygen atoms in total. The Morgan fingerprint density at radius 2 is 1.77 bits per heavy atom. The van der Waals surface area contributed by atoms with Gasteiger partial charge >= 0.3 is 18.0 Å². The van der Waals surface area contributed by atoms with E-state index in [-0.39, 0.29) is 17.9 Å². The molecule has 0 amide bonds. The van der Waals surface area contributed by atoms with Crippen LogP contribution >= 0.6 is 0 Å². The number of benzene rings is 2. The first-order valence-corrected chi connectivity index (χ1v) is 12.7. The lowest BCUT2D eigenvalue weighted by molar-refractivity contribution is -0.389. The van der Waals surface area contributed by atoms with Gasteiger partial charge in [-0.15, -0.1) is 0 Å². The Morgan fingerprint density at radius 3 is 2.44 bits per heavy atom. The lowest BCUT2D eigenvalue weighted by Gasteiger charge is -2.35. The van der Waals surface area contributed by atoms with Crippen molar-refractivity contribution in [1.29, 1.82) is 0 Å². The highest BCUT2D eigenvalue weighted by molar-refractivity contribution is 5.51. The number of hydrogen-bond donors (Lipinski definition) is 0. The third-order valence-corrected chi connectivity index (χ3v) is 6.80. The smallest absolute Gasteiger partial charge is 0.416 e. The van der Waals surface area contributed by atoms with Crippen molar-refractivity contribution in [2.24, 2.45) is 0 Å². The second-order valence-electron chi connectivity index (χ2n) is 9.48. The first kappa shape index (κ1) is 26.5. The molecule has 2 aliphatic rings. The van der Waals surface area contributed by atoms with Gasteiger partial charge in [0.15, 0.2) is 0 Å². The van der Waals surface area contributed by atoms with Crippen molar-refractivity contribution >= 4 is 17.6 Å². The molecular weight excluding hydrogens is 515 g/mol. The molecule has 0 bridgehead atoms. The van der Waals surface area contributed by atoms with Gasteiger partial charge in [0.2, 0.25) is 0 Å². The van der Waals surface area contributed by atoms with E-state index in [9.17, 15) is 23.3 Å². The second-order valence-corrected chi connectivity index (χ2v) is 9.48. The fourth-order valence-electron chi connectivity index (χ4n) is 4.59. The van der Waals surface area contributed by atoms with Crippen LogP contribution in [0.5, 0.6) is 11.8 Å². The molecule has 3 aromatic rings. The summed E-state index contributed by atoms with van der Waals surface area (Å²) in [5, 5.41) is 10.9. The Morgan fingerprint density at radius 1 is 1.05 bits per heavy atom. The van der Waals surface area contributed by atoms with Crippen molar-refractivity contribution < 1.29 is 27.6 Å². The van der Waals surface area contributed by atoms with Crippen LogP contribution in [0.15, 0.2) is 60.8 Å². The SMILES string of the molecule is O=[N+]([O-])c1cn2c(n1)OC(COc1ccc(N3CCN(C/C=C/c4ccc(C(F)(F)F)cc4)CC3)cc1)CC2. The number of ether oxygens (including phenoxy) is 2. The molecule has 0 radical (unpaired) electrons. The van der Waals surface area contributed by atoms with E-state index in [4.69, 9.17) is 9.47 Å².